The molecule has 3 N–H and O–H groups in total. The molecule has 31 heavy (non-hydrogen) atoms. The Hall–Kier alpha value is -1.71. The molecule has 3 atom stereocenters. The van der Waals surface area contributed by atoms with E-state index in [0.717, 1.165) is 5.56 Å². The average molecular weight is 487 g/mol. The summed E-state index contributed by atoms with van der Waals surface area (Å²) in [5.41, 5.74) is 1.58. The quantitative estimate of drug-likeness (QED) is 0.263. The predicted molar refractivity (Wildman–Crippen MR) is 121 cm³/mol. The minimum absolute atomic E-state index is 0.0187. The van der Waals surface area contributed by atoms with Crippen molar-refractivity contribution in [3.8, 4) is 0 Å². The minimum Gasteiger partial charge on any atom is -0.477 e. The van der Waals surface area contributed by atoms with Crippen molar-refractivity contribution < 1.29 is 24.2 Å². The summed E-state index contributed by atoms with van der Waals surface area (Å²) in [4.78, 5) is 24.6. The van der Waals surface area contributed by atoms with Gasteiger partial charge in [0, 0.05) is 12.3 Å². The topological polar surface area (TPSA) is 100 Å². The van der Waals surface area contributed by atoms with Crippen molar-refractivity contribution in [2.24, 2.45) is 0 Å². The summed E-state index contributed by atoms with van der Waals surface area (Å²) in [7, 11) is 0. The molecule has 7 nitrogen and oxygen atoms in total. The van der Waals surface area contributed by atoms with Crippen LogP contribution in [0.3, 0.4) is 0 Å². The summed E-state index contributed by atoms with van der Waals surface area (Å²) in [6.45, 7) is 2.66. The fourth-order valence-corrected chi connectivity index (χ4v) is 4.50. The Labute approximate surface area is 195 Å². The zero-order valence-electron chi connectivity index (χ0n) is 16.8. The van der Waals surface area contributed by atoms with Gasteiger partial charge in [0.25, 0.3) is 0 Å². The lowest BCUT2D eigenvalue weighted by Gasteiger charge is -2.32. The molecule has 10 heteroatoms. The third-order valence-electron chi connectivity index (χ3n) is 4.64. The molecule has 168 valence electrons. The van der Waals surface area contributed by atoms with Gasteiger partial charge in [0.2, 0.25) is 4.52 Å². The Morgan fingerprint density at radius 3 is 2.74 bits per heavy atom. The normalized spacial score (nSPS) is 23.3. The second kappa shape index (κ2) is 10.7. The molecule has 0 aliphatic carbocycles. The van der Waals surface area contributed by atoms with Gasteiger partial charge < -0.3 is 19.9 Å². The number of esters is 1. The highest BCUT2D eigenvalue weighted by Crippen LogP contribution is 2.45. The second-order valence-electron chi connectivity index (χ2n) is 7.05. The van der Waals surface area contributed by atoms with Gasteiger partial charge in [-0.1, -0.05) is 66.5 Å². The van der Waals surface area contributed by atoms with Gasteiger partial charge in [0.1, 0.15) is 17.8 Å². The third kappa shape index (κ3) is 6.63. The highest BCUT2D eigenvalue weighted by atomic mass is 35.5. The van der Waals surface area contributed by atoms with Crippen LogP contribution in [0.2, 0.25) is 0 Å². The van der Waals surface area contributed by atoms with Crippen LogP contribution in [0.5, 0.6) is 0 Å². The Balaban J connectivity index is 1.74. The molecule has 0 radical (unpaired) electrons. The van der Waals surface area contributed by atoms with Crippen LogP contribution >= 0.6 is 35.0 Å². The number of alkyl halides is 2. The van der Waals surface area contributed by atoms with Crippen molar-refractivity contribution in [3.63, 3.8) is 0 Å². The Morgan fingerprint density at radius 1 is 1.42 bits per heavy atom. The second-order valence-corrected chi connectivity index (χ2v) is 9.50. The molecule has 0 amide bonds. The number of hydrogen-bond acceptors (Lipinski definition) is 7. The van der Waals surface area contributed by atoms with Crippen LogP contribution in [-0.2, 0) is 25.6 Å². The first-order chi connectivity index (χ1) is 14.8. The molecule has 1 fully saturated rings. The smallest absolute Gasteiger partial charge is 0.352 e. The molecule has 1 aromatic rings. The summed E-state index contributed by atoms with van der Waals surface area (Å²) in [6, 6.07) is 8.91. The van der Waals surface area contributed by atoms with Crippen molar-refractivity contribution in [2.45, 2.75) is 41.9 Å². The van der Waals surface area contributed by atoms with Gasteiger partial charge in [-0.05, 0) is 23.6 Å². The zero-order valence-corrected chi connectivity index (χ0v) is 19.2. The number of epoxide rings is 1. The standard InChI is InChI=1S/C21H24Cl2N2O5S/c1-2-10-29-20(28)17(24-11-13-6-4-3-5-7-13)18-25-16(19(26)27)14(12-31-18)8-9-15-21(22,23)30-15/h3-9,15,17-18,24-25H,2,10-12H2,1H3,(H,26,27)/b9-8+. The largest absolute Gasteiger partial charge is 0.477 e. The number of nitrogens with one attached hydrogen (secondary N) is 2. The Bertz CT molecular complexity index is 863. The van der Waals surface area contributed by atoms with Gasteiger partial charge in [0.05, 0.1) is 12.0 Å². The van der Waals surface area contributed by atoms with Crippen LogP contribution in [0.1, 0.15) is 18.9 Å². The molecule has 0 bridgehead atoms. The molecule has 1 saturated heterocycles. The van der Waals surface area contributed by atoms with E-state index in [9.17, 15) is 14.7 Å². The number of halogens is 2. The predicted octanol–water partition coefficient (Wildman–Crippen LogP) is 3.19. The van der Waals surface area contributed by atoms with Gasteiger partial charge in [-0.3, -0.25) is 10.1 Å². The Kier molecular flexibility index (Phi) is 8.30. The maximum absolute atomic E-state index is 12.7. The summed E-state index contributed by atoms with van der Waals surface area (Å²) in [5, 5.41) is 15.4. The fourth-order valence-electron chi connectivity index (χ4n) is 2.96. The van der Waals surface area contributed by atoms with Gasteiger partial charge in [-0.25, -0.2) is 4.79 Å². The van der Waals surface area contributed by atoms with E-state index >= 15 is 0 Å². The van der Waals surface area contributed by atoms with E-state index in [-0.39, 0.29) is 5.70 Å². The lowest BCUT2D eigenvalue weighted by atomic mass is 10.1. The zero-order chi connectivity index (χ0) is 22.4. The third-order valence-corrected chi connectivity index (χ3v) is 6.48. The average Bonchev–Trinajstić information content (AvgIpc) is 3.38. The summed E-state index contributed by atoms with van der Waals surface area (Å²) in [6.07, 6.45) is 3.48. The molecule has 1 aromatic carbocycles. The highest BCUT2D eigenvalue weighted by Gasteiger charge is 2.52. The molecule has 3 rings (SSSR count). The van der Waals surface area contributed by atoms with Crippen LogP contribution in [0, 0.1) is 0 Å². The number of carboxylic acids is 1. The number of rotatable bonds is 10. The molecule has 0 saturated carbocycles. The molecule has 3 unspecified atom stereocenters. The van der Waals surface area contributed by atoms with E-state index in [2.05, 4.69) is 10.6 Å². The minimum atomic E-state index is -1.26. The molecular weight excluding hydrogens is 463 g/mol. The summed E-state index contributed by atoms with van der Waals surface area (Å²) < 4.78 is 9.16. The van der Waals surface area contributed by atoms with E-state index in [1.807, 2.05) is 37.3 Å². The number of carbonyl (C=O) groups excluding carboxylic acids is 1. The number of aliphatic carboxylic acids is 1. The highest BCUT2D eigenvalue weighted by molar-refractivity contribution is 8.00. The van der Waals surface area contributed by atoms with Gasteiger partial charge >= 0.3 is 11.9 Å². The number of carboxylic acid groups (broad SMARTS) is 1. The lowest BCUT2D eigenvalue weighted by molar-refractivity contribution is -0.146. The maximum Gasteiger partial charge on any atom is 0.352 e. The first-order valence-electron chi connectivity index (χ1n) is 9.84. The molecule has 0 spiro atoms. The number of ether oxygens (including phenoxy) is 2. The van der Waals surface area contributed by atoms with E-state index in [1.54, 1.807) is 12.2 Å². The van der Waals surface area contributed by atoms with Crippen LogP contribution in [-0.4, -0.2) is 51.4 Å². The number of thioether (sulfide) groups is 1. The molecular formula is C21H24Cl2N2O5S. The van der Waals surface area contributed by atoms with Crippen LogP contribution in [0.15, 0.2) is 53.8 Å². The van der Waals surface area contributed by atoms with E-state index < -0.39 is 34.0 Å². The first kappa shape index (κ1) is 23.9. The molecule has 0 aromatic heterocycles. The van der Waals surface area contributed by atoms with Crippen molar-refractivity contribution in [3.05, 3.63) is 59.3 Å². The van der Waals surface area contributed by atoms with Crippen molar-refractivity contribution in [1.29, 1.82) is 0 Å². The monoisotopic (exact) mass is 486 g/mol. The van der Waals surface area contributed by atoms with Gasteiger partial charge in [-0.2, -0.15) is 0 Å². The molecule has 2 heterocycles. The van der Waals surface area contributed by atoms with Crippen molar-refractivity contribution >= 4 is 46.9 Å². The number of hydrogen-bond donors (Lipinski definition) is 3. The molecule has 2 aliphatic heterocycles. The SMILES string of the molecule is CCCOC(=O)C(NCc1ccccc1)C1NC(C(=O)O)=C(/C=C/C2OC2(Cl)Cl)CS1. The van der Waals surface area contributed by atoms with Gasteiger partial charge in [0.15, 0.2) is 0 Å². The lowest BCUT2D eigenvalue weighted by Crippen LogP contribution is -2.53. The number of allylic oxidation sites excluding steroid dienone is 1. The first-order valence-corrected chi connectivity index (χ1v) is 11.6. The van der Waals surface area contributed by atoms with Crippen molar-refractivity contribution in [2.75, 3.05) is 12.4 Å². The maximum atomic E-state index is 12.7. The number of benzene rings is 1. The molecule has 2 aliphatic rings. The van der Waals surface area contributed by atoms with Crippen LogP contribution < -0.4 is 10.6 Å². The summed E-state index contributed by atoms with van der Waals surface area (Å²) >= 11 is 13.1. The van der Waals surface area contributed by atoms with Crippen LogP contribution in [0.4, 0.5) is 0 Å². The van der Waals surface area contributed by atoms with Crippen molar-refractivity contribution in [1.82, 2.24) is 10.6 Å². The van der Waals surface area contributed by atoms with Crippen LogP contribution in [0.25, 0.3) is 0 Å². The van der Waals surface area contributed by atoms with E-state index in [4.69, 9.17) is 32.7 Å². The summed E-state index contributed by atoms with van der Waals surface area (Å²) in [5.74, 6) is -1.16. The van der Waals surface area contributed by atoms with E-state index in [0.29, 0.717) is 30.9 Å². The van der Waals surface area contributed by atoms with E-state index in [1.165, 1.54) is 11.8 Å². The number of carbonyl (C=O) groups is 2. The Morgan fingerprint density at radius 2 is 2.13 bits per heavy atom. The fraction of sp³-hybridized carbons (Fsp3) is 0.429. The van der Waals surface area contributed by atoms with Gasteiger partial charge in [-0.15, -0.1) is 11.8 Å².